The first-order valence-corrected chi connectivity index (χ1v) is 6.99. The van der Waals surface area contributed by atoms with Crippen molar-refractivity contribution in [3.8, 4) is 5.75 Å². The molecule has 0 N–H and O–H groups in total. The monoisotopic (exact) mass is 236 g/mol. The number of ether oxygens (including phenoxy) is 1. The first-order valence-electron chi connectivity index (χ1n) is 6.11. The summed E-state index contributed by atoms with van der Waals surface area (Å²) in [5.41, 5.74) is 1.24. The summed E-state index contributed by atoms with van der Waals surface area (Å²) in [4.78, 5) is 1.39. The fourth-order valence-corrected chi connectivity index (χ4v) is 3.65. The molecule has 0 atom stereocenters. The van der Waals surface area contributed by atoms with Crippen LogP contribution in [-0.4, -0.2) is 12.4 Å². The summed E-state index contributed by atoms with van der Waals surface area (Å²) in [7, 11) is 1.73. The van der Waals surface area contributed by atoms with Crippen LogP contribution in [0.15, 0.2) is 23.1 Å². The molecular formula is C14H20OS. The molecule has 0 aromatic heterocycles. The highest BCUT2D eigenvalue weighted by Gasteiger charge is 2.14. The molecule has 1 aliphatic rings. The zero-order chi connectivity index (χ0) is 11.4. The standard InChI is InChI=1S/C14H20OS/c1-11-10-13(8-9-14(11)15-2)16-12-6-4-3-5-7-12/h8-10,12H,3-7H2,1-2H3. The van der Waals surface area contributed by atoms with Crippen molar-refractivity contribution in [3.05, 3.63) is 23.8 Å². The average molecular weight is 236 g/mol. The molecule has 0 amide bonds. The molecule has 0 heterocycles. The maximum Gasteiger partial charge on any atom is 0.121 e. The van der Waals surface area contributed by atoms with E-state index in [0.29, 0.717) is 0 Å². The number of rotatable bonds is 3. The average Bonchev–Trinajstić information content (AvgIpc) is 2.31. The van der Waals surface area contributed by atoms with E-state index in [1.54, 1.807) is 7.11 Å². The second-order valence-electron chi connectivity index (χ2n) is 4.51. The van der Waals surface area contributed by atoms with Crippen molar-refractivity contribution in [3.63, 3.8) is 0 Å². The van der Waals surface area contributed by atoms with Gasteiger partial charge in [0.25, 0.3) is 0 Å². The third-order valence-corrected chi connectivity index (χ3v) is 4.55. The van der Waals surface area contributed by atoms with Crippen molar-refractivity contribution < 1.29 is 4.74 Å². The largest absolute Gasteiger partial charge is 0.496 e. The number of hydrogen-bond acceptors (Lipinski definition) is 2. The molecule has 1 aromatic rings. The molecule has 1 aromatic carbocycles. The van der Waals surface area contributed by atoms with Crippen LogP contribution in [0, 0.1) is 6.92 Å². The van der Waals surface area contributed by atoms with E-state index in [4.69, 9.17) is 4.74 Å². The van der Waals surface area contributed by atoms with Gasteiger partial charge in [-0.05, 0) is 43.5 Å². The molecule has 0 radical (unpaired) electrons. The van der Waals surface area contributed by atoms with Crippen LogP contribution in [0.3, 0.4) is 0 Å². The maximum absolute atomic E-state index is 5.28. The van der Waals surface area contributed by atoms with Crippen molar-refractivity contribution >= 4 is 11.8 Å². The Morgan fingerprint density at radius 3 is 2.56 bits per heavy atom. The highest BCUT2D eigenvalue weighted by molar-refractivity contribution is 8.00. The second kappa shape index (κ2) is 5.62. The third kappa shape index (κ3) is 2.94. The molecule has 1 nitrogen and oxygen atoms in total. The fraction of sp³-hybridized carbons (Fsp3) is 0.571. The molecule has 0 saturated heterocycles. The lowest BCUT2D eigenvalue weighted by Gasteiger charge is -2.21. The Balaban J connectivity index is 2.01. The van der Waals surface area contributed by atoms with Crippen molar-refractivity contribution in [2.75, 3.05) is 7.11 Å². The Morgan fingerprint density at radius 2 is 1.94 bits per heavy atom. The van der Waals surface area contributed by atoms with Crippen molar-refractivity contribution in [1.29, 1.82) is 0 Å². The lowest BCUT2D eigenvalue weighted by molar-refractivity contribution is 0.411. The van der Waals surface area contributed by atoms with Crippen LogP contribution in [0.5, 0.6) is 5.75 Å². The normalized spacial score (nSPS) is 17.4. The van der Waals surface area contributed by atoms with Crippen LogP contribution < -0.4 is 4.74 Å². The smallest absolute Gasteiger partial charge is 0.121 e. The van der Waals surface area contributed by atoms with Crippen LogP contribution in [0.1, 0.15) is 37.7 Å². The number of benzene rings is 1. The quantitative estimate of drug-likeness (QED) is 0.768. The van der Waals surface area contributed by atoms with Crippen LogP contribution in [0.4, 0.5) is 0 Å². The SMILES string of the molecule is COc1ccc(SC2CCCCC2)cc1C. The molecule has 0 spiro atoms. The Hall–Kier alpha value is -0.630. The number of aryl methyl sites for hydroxylation is 1. The topological polar surface area (TPSA) is 9.23 Å². The van der Waals surface area contributed by atoms with Crippen molar-refractivity contribution in [2.24, 2.45) is 0 Å². The van der Waals surface area contributed by atoms with E-state index >= 15 is 0 Å². The summed E-state index contributed by atoms with van der Waals surface area (Å²) in [5.74, 6) is 0.994. The highest BCUT2D eigenvalue weighted by atomic mass is 32.2. The summed E-state index contributed by atoms with van der Waals surface area (Å²) >= 11 is 2.04. The molecule has 16 heavy (non-hydrogen) atoms. The lowest BCUT2D eigenvalue weighted by atomic mass is 10.0. The number of hydrogen-bond donors (Lipinski definition) is 0. The van der Waals surface area contributed by atoms with E-state index < -0.39 is 0 Å². The Bertz CT molecular complexity index is 343. The minimum atomic E-state index is 0.835. The number of thioether (sulfide) groups is 1. The first-order chi connectivity index (χ1) is 7.79. The van der Waals surface area contributed by atoms with Crippen LogP contribution in [-0.2, 0) is 0 Å². The molecule has 0 bridgehead atoms. The van der Waals surface area contributed by atoms with Crippen LogP contribution in [0.2, 0.25) is 0 Å². The predicted octanol–water partition coefficient (Wildman–Crippen LogP) is 4.43. The van der Waals surface area contributed by atoms with Crippen LogP contribution >= 0.6 is 11.8 Å². The number of methoxy groups -OCH3 is 1. The van der Waals surface area contributed by atoms with Gasteiger partial charge in [-0.15, -0.1) is 11.8 Å². The van der Waals surface area contributed by atoms with E-state index in [9.17, 15) is 0 Å². The van der Waals surface area contributed by atoms with Crippen molar-refractivity contribution in [1.82, 2.24) is 0 Å². The fourth-order valence-electron chi connectivity index (χ4n) is 2.30. The van der Waals surface area contributed by atoms with Gasteiger partial charge in [-0.25, -0.2) is 0 Å². The van der Waals surface area contributed by atoms with Gasteiger partial charge >= 0.3 is 0 Å². The molecule has 1 aliphatic carbocycles. The second-order valence-corrected chi connectivity index (χ2v) is 5.88. The Kier molecular flexibility index (Phi) is 4.16. The molecule has 1 saturated carbocycles. The molecule has 88 valence electrons. The molecule has 0 aliphatic heterocycles. The van der Waals surface area contributed by atoms with Crippen molar-refractivity contribution in [2.45, 2.75) is 49.2 Å². The molecule has 0 unspecified atom stereocenters. The van der Waals surface area contributed by atoms with Gasteiger partial charge in [0.05, 0.1) is 7.11 Å². The van der Waals surface area contributed by atoms with Crippen LogP contribution in [0.25, 0.3) is 0 Å². The molecule has 1 fully saturated rings. The van der Waals surface area contributed by atoms with Gasteiger partial charge in [0.15, 0.2) is 0 Å². The van der Waals surface area contributed by atoms with E-state index in [0.717, 1.165) is 11.0 Å². The minimum absolute atomic E-state index is 0.835. The highest BCUT2D eigenvalue weighted by Crippen LogP contribution is 2.35. The van der Waals surface area contributed by atoms with E-state index in [1.807, 2.05) is 11.8 Å². The van der Waals surface area contributed by atoms with Gasteiger partial charge in [0, 0.05) is 10.1 Å². The maximum atomic E-state index is 5.28. The predicted molar refractivity (Wildman–Crippen MR) is 70.5 cm³/mol. The summed E-state index contributed by atoms with van der Waals surface area (Å²) in [6.45, 7) is 2.11. The van der Waals surface area contributed by atoms with Gasteiger partial charge in [-0.3, -0.25) is 0 Å². The lowest BCUT2D eigenvalue weighted by Crippen LogP contribution is -2.07. The zero-order valence-corrected chi connectivity index (χ0v) is 11.0. The minimum Gasteiger partial charge on any atom is -0.496 e. The first kappa shape index (κ1) is 11.8. The summed E-state index contributed by atoms with van der Waals surface area (Å²) in [6, 6.07) is 6.52. The van der Waals surface area contributed by atoms with Gasteiger partial charge in [0.1, 0.15) is 5.75 Å². The zero-order valence-electron chi connectivity index (χ0n) is 10.2. The summed E-state index contributed by atoms with van der Waals surface area (Å²) in [6.07, 6.45) is 7.02. The molecule has 2 rings (SSSR count). The Labute approximate surface area is 103 Å². The summed E-state index contributed by atoms with van der Waals surface area (Å²) < 4.78 is 5.28. The Morgan fingerprint density at radius 1 is 1.19 bits per heavy atom. The van der Waals surface area contributed by atoms with E-state index in [2.05, 4.69) is 25.1 Å². The van der Waals surface area contributed by atoms with E-state index in [1.165, 1.54) is 42.6 Å². The van der Waals surface area contributed by atoms with Gasteiger partial charge < -0.3 is 4.74 Å². The van der Waals surface area contributed by atoms with Gasteiger partial charge in [-0.2, -0.15) is 0 Å². The molecular weight excluding hydrogens is 216 g/mol. The molecule has 2 heteroatoms. The van der Waals surface area contributed by atoms with Gasteiger partial charge in [0.2, 0.25) is 0 Å². The van der Waals surface area contributed by atoms with E-state index in [-0.39, 0.29) is 0 Å². The summed E-state index contributed by atoms with van der Waals surface area (Å²) in [5, 5.41) is 0.835. The van der Waals surface area contributed by atoms with Gasteiger partial charge in [-0.1, -0.05) is 19.3 Å². The third-order valence-electron chi connectivity index (χ3n) is 3.22.